The molecule has 0 radical (unpaired) electrons. The van der Waals surface area contributed by atoms with Crippen LogP contribution in [0.1, 0.15) is 44.3 Å². The normalized spacial score (nSPS) is 21.7. The number of piperazine rings is 1. The first-order valence-electron chi connectivity index (χ1n) is 11.4. The zero-order valence-electron chi connectivity index (χ0n) is 18.5. The number of benzene rings is 3. The van der Waals surface area contributed by atoms with Crippen LogP contribution in [-0.4, -0.2) is 47.5 Å². The summed E-state index contributed by atoms with van der Waals surface area (Å²) in [5.41, 5.74) is 2.96. The van der Waals surface area contributed by atoms with Crippen molar-refractivity contribution in [1.29, 1.82) is 0 Å². The lowest BCUT2D eigenvalue weighted by Crippen LogP contribution is -2.60. The van der Waals surface area contributed by atoms with Gasteiger partial charge in [0.25, 0.3) is 0 Å². The Morgan fingerprint density at radius 3 is 2.06 bits per heavy atom. The molecule has 0 bridgehead atoms. The highest BCUT2D eigenvalue weighted by Gasteiger charge is 2.58. The number of hydrogen-bond donors (Lipinski definition) is 0. The smallest absolute Gasteiger partial charge is 0.196 e. The van der Waals surface area contributed by atoms with E-state index in [1.165, 1.54) is 5.56 Å². The number of rotatable bonds is 5. The summed E-state index contributed by atoms with van der Waals surface area (Å²) in [5.74, 6) is -0.131. The molecule has 4 nitrogen and oxygen atoms in total. The second-order valence-corrected chi connectivity index (χ2v) is 8.68. The van der Waals surface area contributed by atoms with Gasteiger partial charge in [0.05, 0.1) is 0 Å². The van der Waals surface area contributed by atoms with Crippen molar-refractivity contribution in [3.63, 3.8) is 0 Å². The molecule has 0 saturated carbocycles. The number of Topliss-reactive ketones (excluding diaryl/α,β-unsaturated/α-hetero) is 2. The van der Waals surface area contributed by atoms with Gasteiger partial charge in [-0.05, 0) is 23.1 Å². The molecule has 4 heteroatoms. The molecule has 0 spiro atoms. The second kappa shape index (κ2) is 8.45. The molecule has 0 N–H and O–H groups in total. The largest absolute Gasteiger partial charge is 0.297 e. The minimum absolute atomic E-state index is 0.0577. The molecule has 1 heterocycles. The topological polar surface area (TPSA) is 40.6 Å². The van der Waals surface area contributed by atoms with Crippen molar-refractivity contribution < 1.29 is 9.59 Å². The van der Waals surface area contributed by atoms with Crippen LogP contribution in [0.4, 0.5) is 0 Å². The number of carbonyl (C=O) groups excluding carboxylic acids is 2. The first-order chi connectivity index (χ1) is 15.7. The van der Waals surface area contributed by atoms with Gasteiger partial charge in [-0.3, -0.25) is 19.4 Å². The molecule has 1 fully saturated rings. The van der Waals surface area contributed by atoms with Crippen molar-refractivity contribution in [2.75, 3.05) is 26.2 Å². The summed E-state index contributed by atoms with van der Waals surface area (Å²) < 4.78 is 0. The fraction of sp³-hybridized carbons (Fsp3) is 0.286. The van der Waals surface area contributed by atoms with E-state index in [1.807, 2.05) is 61.5 Å². The minimum atomic E-state index is -1.26. The van der Waals surface area contributed by atoms with Gasteiger partial charge in [0.15, 0.2) is 17.1 Å². The summed E-state index contributed by atoms with van der Waals surface area (Å²) in [6.45, 7) is 5.92. The van der Waals surface area contributed by atoms with E-state index in [0.717, 1.165) is 37.2 Å². The second-order valence-electron chi connectivity index (χ2n) is 8.68. The van der Waals surface area contributed by atoms with Gasteiger partial charge in [-0.15, -0.1) is 0 Å². The van der Waals surface area contributed by atoms with Crippen molar-refractivity contribution >= 4 is 11.6 Å². The van der Waals surface area contributed by atoms with Gasteiger partial charge in [-0.1, -0.05) is 85.8 Å². The quantitative estimate of drug-likeness (QED) is 0.572. The van der Waals surface area contributed by atoms with Crippen LogP contribution in [0.15, 0.2) is 78.9 Å². The van der Waals surface area contributed by atoms with E-state index in [4.69, 9.17) is 0 Å². The first-order valence-corrected chi connectivity index (χ1v) is 11.4. The molecule has 2 aliphatic rings. The summed E-state index contributed by atoms with van der Waals surface area (Å²) in [7, 11) is 0. The van der Waals surface area contributed by atoms with Crippen LogP contribution in [0.5, 0.6) is 0 Å². The lowest BCUT2D eigenvalue weighted by molar-refractivity contribution is 0.0279. The zero-order valence-corrected chi connectivity index (χ0v) is 18.5. The third-order valence-corrected chi connectivity index (χ3v) is 6.95. The number of carbonyl (C=O) groups is 2. The molecule has 3 aromatic carbocycles. The Bertz CT molecular complexity index is 1130. The molecule has 1 atom stereocenters. The van der Waals surface area contributed by atoms with Gasteiger partial charge < -0.3 is 0 Å². The Morgan fingerprint density at radius 2 is 1.41 bits per heavy atom. The minimum Gasteiger partial charge on any atom is -0.297 e. The predicted octanol–water partition coefficient (Wildman–Crippen LogP) is 4.34. The van der Waals surface area contributed by atoms with Crippen molar-refractivity contribution in [3.8, 4) is 0 Å². The highest BCUT2D eigenvalue weighted by molar-refractivity contribution is 6.33. The van der Waals surface area contributed by atoms with Crippen LogP contribution in [-0.2, 0) is 18.5 Å². The van der Waals surface area contributed by atoms with Crippen LogP contribution in [0.25, 0.3) is 0 Å². The van der Waals surface area contributed by atoms with E-state index in [-0.39, 0.29) is 11.6 Å². The average molecular weight is 425 g/mol. The van der Waals surface area contributed by atoms with E-state index < -0.39 is 5.54 Å². The van der Waals surface area contributed by atoms with Crippen LogP contribution < -0.4 is 0 Å². The van der Waals surface area contributed by atoms with Crippen LogP contribution >= 0.6 is 0 Å². The lowest BCUT2D eigenvalue weighted by Gasteiger charge is -2.44. The molecular weight excluding hydrogens is 396 g/mol. The summed E-state index contributed by atoms with van der Waals surface area (Å²) in [6, 6.07) is 25.8. The van der Waals surface area contributed by atoms with E-state index in [9.17, 15) is 9.59 Å². The average Bonchev–Trinajstić information content (AvgIpc) is 3.08. The molecular formula is C28H28N2O2. The molecule has 1 aliphatic carbocycles. The van der Waals surface area contributed by atoms with Crippen molar-refractivity contribution in [2.45, 2.75) is 25.4 Å². The van der Waals surface area contributed by atoms with Gasteiger partial charge in [0.1, 0.15) is 0 Å². The molecule has 5 rings (SSSR count). The summed E-state index contributed by atoms with van der Waals surface area (Å²) >= 11 is 0. The lowest BCUT2D eigenvalue weighted by atomic mass is 9.82. The van der Waals surface area contributed by atoms with Gasteiger partial charge in [0.2, 0.25) is 0 Å². The monoisotopic (exact) mass is 424 g/mol. The van der Waals surface area contributed by atoms with E-state index in [0.29, 0.717) is 24.2 Å². The van der Waals surface area contributed by atoms with Crippen LogP contribution in [0, 0.1) is 0 Å². The number of aryl methyl sites for hydroxylation is 1. The summed E-state index contributed by atoms with van der Waals surface area (Å²) in [5, 5.41) is 0. The Balaban J connectivity index is 1.50. The number of fused-ring (bicyclic) bond motifs is 1. The maximum Gasteiger partial charge on any atom is 0.196 e. The molecule has 1 aliphatic heterocycles. The van der Waals surface area contributed by atoms with Gasteiger partial charge in [0, 0.05) is 43.9 Å². The number of nitrogens with zero attached hydrogens (tertiary/aromatic N) is 2. The standard InChI is InChI=1S/C28H28N2O2/c1-2-22-12-9-15-24-25(22)27(32)28(26(24)31,23-13-7-4-8-14-23)30-18-16-29(17-19-30)20-21-10-5-3-6-11-21/h3-15H,2,16-20H2,1H3. The third kappa shape index (κ3) is 3.22. The number of ketones is 2. The van der Waals surface area contributed by atoms with Gasteiger partial charge in [-0.25, -0.2) is 0 Å². The van der Waals surface area contributed by atoms with E-state index in [1.54, 1.807) is 0 Å². The summed E-state index contributed by atoms with van der Waals surface area (Å²) in [4.78, 5) is 32.6. The van der Waals surface area contributed by atoms with Gasteiger partial charge >= 0.3 is 0 Å². The molecule has 162 valence electrons. The Kier molecular flexibility index (Phi) is 5.50. The fourth-order valence-corrected chi connectivity index (χ4v) is 5.33. The molecule has 0 aromatic heterocycles. The Hall–Kier alpha value is -3.08. The third-order valence-electron chi connectivity index (χ3n) is 6.95. The predicted molar refractivity (Wildman–Crippen MR) is 126 cm³/mol. The highest BCUT2D eigenvalue weighted by Crippen LogP contribution is 2.44. The SMILES string of the molecule is CCc1cccc2c1C(=O)C(c1ccccc1)(N1CCN(Cc3ccccc3)CC1)C2=O. The maximum atomic E-state index is 14.1. The van der Waals surface area contributed by atoms with Crippen molar-refractivity contribution in [3.05, 3.63) is 107 Å². The van der Waals surface area contributed by atoms with Gasteiger partial charge in [-0.2, -0.15) is 0 Å². The van der Waals surface area contributed by atoms with E-state index in [2.05, 4.69) is 34.1 Å². The zero-order chi connectivity index (χ0) is 22.1. The Morgan fingerprint density at radius 1 is 0.750 bits per heavy atom. The Labute approximate surface area is 189 Å². The fourth-order valence-electron chi connectivity index (χ4n) is 5.33. The van der Waals surface area contributed by atoms with Crippen molar-refractivity contribution in [1.82, 2.24) is 9.80 Å². The van der Waals surface area contributed by atoms with Crippen LogP contribution in [0.3, 0.4) is 0 Å². The molecule has 32 heavy (non-hydrogen) atoms. The van der Waals surface area contributed by atoms with Crippen LogP contribution in [0.2, 0.25) is 0 Å². The molecule has 1 unspecified atom stereocenters. The molecule has 1 saturated heterocycles. The maximum absolute atomic E-state index is 14.1. The molecule has 3 aromatic rings. The van der Waals surface area contributed by atoms with Crippen molar-refractivity contribution in [2.24, 2.45) is 0 Å². The highest BCUT2D eigenvalue weighted by atomic mass is 16.2. The van der Waals surface area contributed by atoms with E-state index >= 15 is 0 Å². The summed E-state index contributed by atoms with van der Waals surface area (Å²) in [6.07, 6.45) is 0.734. The number of hydrogen-bond acceptors (Lipinski definition) is 4. The first kappa shape index (κ1) is 20.8. The molecule has 0 amide bonds.